The SMILES string of the molecule is CNC(=O)c1nn(C)c(C)c1CCOc1c(F)cccc1-c1ccc2ncc(CCN)n2c1.Cc1c(CCOc2c(F)cccc2-c2ccc3ncc(CCN)n3c2)c(C(=O)N(C)C)nn1C.Cc1c(CCOc2c(F)cccc2-c2ccc3ncc(CCN)n3c2)c(C(=O)O)nn1C.Cc1c(CCOc2c(F)cccc2-c2ccc3ncc(CCN)n3c2)c(C(N)=O)nn1C. The van der Waals surface area contributed by atoms with Gasteiger partial charge in [0.15, 0.2) is 69.0 Å². The number of carboxylic acid groups (broad SMARTS) is 1. The maximum Gasteiger partial charge on any atom is 0.356 e. The summed E-state index contributed by atoms with van der Waals surface area (Å²) in [5.74, 6) is -3.38. The Kier molecular flexibility index (Phi) is 30.0. The van der Waals surface area contributed by atoms with Crippen LogP contribution in [0.1, 0.15) is 110 Å². The van der Waals surface area contributed by atoms with Gasteiger partial charge in [0.25, 0.3) is 17.7 Å². The molecule has 0 unspecified atom stereocenters. The van der Waals surface area contributed by atoms with Crippen LogP contribution >= 0.6 is 0 Å². The molecule has 36 heteroatoms. The molecule has 12 N–H and O–H groups in total. The summed E-state index contributed by atoms with van der Waals surface area (Å²) in [6, 6.07) is 34.4. The Hall–Kier alpha value is -14.9. The molecule has 16 aromatic rings. The third-order valence-corrected chi connectivity index (χ3v) is 22.8. The molecule has 0 spiro atoms. The fraction of sp³-hybridized carbons (Fsp3) is 0.284. The van der Waals surface area contributed by atoms with Crippen molar-refractivity contribution < 1.29 is 60.8 Å². The normalized spacial score (nSPS) is 11.2. The number of aryl methyl sites for hydroxylation is 4. The lowest BCUT2D eigenvalue weighted by molar-refractivity contribution is 0.0687. The number of pyridine rings is 4. The minimum Gasteiger partial charge on any atom is -0.490 e. The first-order valence-corrected chi connectivity index (χ1v) is 42.4. The van der Waals surface area contributed by atoms with Crippen LogP contribution in [0, 0.1) is 51.0 Å². The number of benzene rings is 4. The molecule has 0 saturated carbocycles. The molecule has 0 aliphatic carbocycles. The molecule has 12 heterocycles. The monoisotopic (exact) mass is 1790 g/mol. The number of primary amides is 1. The number of carboxylic acids is 1. The largest absolute Gasteiger partial charge is 0.490 e. The lowest BCUT2D eigenvalue weighted by Crippen LogP contribution is -2.23. The second-order valence-electron chi connectivity index (χ2n) is 31.2. The zero-order valence-corrected chi connectivity index (χ0v) is 74.7. The number of nitrogens with zero attached hydrogens (tertiary/aromatic N) is 17. The topological polar surface area (TPSA) is 411 Å². The molecule has 4 aromatic carbocycles. The number of halogens is 4. The van der Waals surface area contributed by atoms with Gasteiger partial charge in [-0.25, -0.2) is 42.3 Å². The van der Waals surface area contributed by atoms with E-state index in [9.17, 15) is 41.8 Å². The van der Waals surface area contributed by atoms with E-state index in [1.807, 2.05) is 130 Å². The van der Waals surface area contributed by atoms with Crippen molar-refractivity contribution in [3.63, 3.8) is 0 Å². The van der Waals surface area contributed by atoms with Gasteiger partial charge < -0.3 is 80.5 Å². The van der Waals surface area contributed by atoms with Gasteiger partial charge >= 0.3 is 5.97 Å². The van der Waals surface area contributed by atoms with Crippen LogP contribution in [0.25, 0.3) is 67.1 Å². The number of imidazole rings is 4. The Morgan fingerprint density at radius 1 is 0.382 bits per heavy atom. The first kappa shape index (κ1) is 93.8. The number of carbonyl (C=O) groups excluding carboxylic acids is 3. The summed E-state index contributed by atoms with van der Waals surface area (Å²) in [6.45, 7) is 10.1. The Morgan fingerprint density at radius 2 is 0.641 bits per heavy atom. The molecular weight excluding hydrogens is 1680 g/mol. The predicted molar refractivity (Wildman–Crippen MR) is 489 cm³/mol. The van der Waals surface area contributed by atoms with E-state index < -0.39 is 35.1 Å². The minimum atomic E-state index is -1.10. The summed E-state index contributed by atoms with van der Waals surface area (Å²) in [5, 5.41) is 28.9. The number of hydrogen-bond donors (Lipinski definition) is 7. The number of amides is 3. The number of hydrogen-bond acceptors (Lipinski definition) is 20. The van der Waals surface area contributed by atoms with E-state index in [4.69, 9.17) is 47.6 Å². The van der Waals surface area contributed by atoms with Gasteiger partial charge in [0.2, 0.25) is 0 Å². The van der Waals surface area contributed by atoms with Gasteiger partial charge in [-0.1, -0.05) is 48.5 Å². The molecule has 16 rings (SSSR count). The molecule has 0 radical (unpaired) electrons. The Balaban J connectivity index is 0.000000149. The molecule has 3 amide bonds. The fourth-order valence-corrected chi connectivity index (χ4v) is 15.5. The van der Waals surface area contributed by atoms with Crippen molar-refractivity contribution >= 4 is 46.3 Å². The quantitative estimate of drug-likeness (QED) is 0.0193. The van der Waals surface area contributed by atoms with Crippen molar-refractivity contribution in [3.8, 4) is 67.5 Å². The van der Waals surface area contributed by atoms with Crippen molar-refractivity contribution in [2.75, 3.05) is 73.7 Å². The van der Waals surface area contributed by atoms with Crippen molar-refractivity contribution in [1.29, 1.82) is 0 Å². The molecular formula is C95H105F4N23O9. The zero-order valence-electron chi connectivity index (χ0n) is 74.7. The van der Waals surface area contributed by atoms with Gasteiger partial charge in [0, 0.05) is 263 Å². The van der Waals surface area contributed by atoms with E-state index in [-0.39, 0.29) is 79.0 Å². The van der Waals surface area contributed by atoms with Crippen molar-refractivity contribution in [2.45, 2.75) is 79.1 Å². The number of aromatic carboxylic acids is 1. The predicted octanol–water partition coefficient (Wildman–Crippen LogP) is 11.1. The van der Waals surface area contributed by atoms with Crippen molar-refractivity contribution in [1.82, 2.24) is 86.9 Å². The van der Waals surface area contributed by atoms with Crippen LogP contribution in [-0.2, 0) is 79.6 Å². The lowest BCUT2D eigenvalue weighted by Gasteiger charge is -2.14. The fourth-order valence-electron chi connectivity index (χ4n) is 15.5. The summed E-state index contributed by atoms with van der Waals surface area (Å²) in [4.78, 5) is 67.0. The summed E-state index contributed by atoms with van der Waals surface area (Å²) >= 11 is 0. The van der Waals surface area contributed by atoms with Crippen LogP contribution in [0.15, 0.2) is 171 Å². The van der Waals surface area contributed by atoms with Gasteiger partial charge in [-0.05, 0) is 127 Å². The third-order valence-electron chi connectivity index (χ3n) is 22.8. The number of fused-ring (bicyclic) bond motifs is 4. The van der Waals surface area contributed by atoms with Gasteiger partial charge in [-0.15, -0.1) is 0 Å². The number of aromatic nitrogens is 16. The Morgan fingerprint density at radius 3 is 0.908 bits per heavy atom. The number of rotatable bonds is 32. The van der Waals surface area contributed by atoms with E-state index >= 15 is 0 Å². The van der Waals surface area contributed by atoms with Crippen LogP contribution in [0.4, 0.5) is 17.6 Å². The van der Waals surface area contributed by atoms with Gasteiger partial charge in [-0.2, -0.15) is 20.4 Å². The van der Waals surface area contributed by atoms with E-state index in [0.29, 0.717) is 116 Å². The molecule has 32 nitrogen and oxygen atoms in total. The van der Waals surface area contributed by atoms with Gasteiger partial charge in [0.1, 0.15) is 22.6 Å². The maximum atomic E-state index is 14.9. The molecule has 0 atom stereocenters. The molecule has 0 aliphatic rings. The third kappa shape index (κ3) is 20.6. The van der Waals surface area contributed by atoms with Crippen LogP contribution < -0.4 is 52.9 Å². The van der Waals surface area contributed by atoms with E-state index in [2.05, 4.69) is 45.6 Å². The summed E-state index contributed by atoms with van der Waals surface area (Å²) in [5.41, 5.74) is 48.1. The number of nitrogens with one attached hydrogen (secondary N) is 1. The Labute approximate surface area is 752 Å². The average Bonchev–Trinajstić information content (AvgIpc) is 1.77. The first-order chi connectivity index (χ1) is 63.1. The van der Waals surface area contributed by atoms with Gasteiger partial charge in [-0.3, -0.25) is 33.1 Å². The molecule has 682 valence electrons. The van der Waals surface area contributed by atoms with Crippen LogP contribution in [0.2, 0.25) is 0 Å². The highest BCUT2D eigenvalue weighted by molar-refractivity contribution is 5.95. The highest BCUT2D eigenvalue weighted by atomic mass is 19.1. The van der Waals surface area contributed by atoms with E-state index in [0.717, 1.165) is 102 Å². The molecule has 12 aromatic heterocycles. The van der Waals surface area contributed by atoms with Crippen LogP contribution in [-0.4, -0.2) is 184 Å². The maximum absolute atomic E-state index is 14.9. The number of ether oxygens (including phenoxy) is 4. The van der Waals surface area contributed by atoms with E-state index in [1.165, 1.54) is 33.8 Å². The number of nitrogens with two attached hydrogens (primary N) is 5. The van der Waals surface area contributed by atoms with Crippen LogP contribution in [0.5, 0.6) is 23.0 Å². The molecule has 0 aliphatic heterocycles. The summed E-state index contributed by atoms with van der Waals surface area (Å²) in [7, 11) is 12.0. The summed E-state index contributed by atoms with van der Waals surface area (Å²) in [6.07, 6.45) is 19.1. The van der Waals surface area contributed by atoms with Crippen molar-refractivity contribution in [2.24, 2.45) is 56.9 Å². The zero-order chi connectivity index (χ0) is 93.6. The van der Waals surface area contributed by atoms with Gasteiger partial charge in [0.05, 0.1) is 26.4 Å². The lowest BCUT2D eigenvalue weighted by atomic mass is 10.1. The van der Waals surface area contributed by atoms with Crippen LogP contribution in [0.3, 0.4) is 0 Å². The smallest absolute Gasteiger partial charge is 0.356 e. The first-order valence-electron chi connectivity index (χ1n) is 42.4. The van der Waals surface area contributed by atoms with Crippen molar-refractivity contribution in [3.05, 3.63) is 285 Å². The second-order valence-corrected chi connectivity index (χ2v) is 31.2. The average molecular weight is 1790 g/mol. The molecule has 0 bridgehead atoms. The van der Waals surface area contributed by atoms with E-state index in [1.54, 1.807) is 125 Å². The summed E-state index contributed by atoms with van der Waals surface area (Å²) < 4.78 is 97.1. The molecule has 0 fully saturated rings. The minimum absolute atomic E-state index is 0.0136. The number of para-hydroxylation sites is 4. The highest BCUT2D eigenvalue weighted by Crippen LogP contribution is 2.39. The molecule has 131 heavy (non-hydrogen) atoms. The molecule has 0 saturated heterocycles. The standard InChI is InChI=1S/C25H29FN6O2.C24H27FN6O2.C23H25FN6O2.C23H24FN5O3/c1-16-19(23(29-31(16)4)25(33)30(2)3)11-13-34-24-20(6-5-7-21(24)26)17-8-9-22-28-14-18(10-12-27)32(22)15-17;1-15-18(22(24(32)27-2)29-30(15)3)10-12-33-23-19(5-4-6-20(23)25)16-7-8-21-28-13-17(9-11-26)31(21)14-16;1-14-17(21(23(26)31)28-29(14)2)9-11-32-22-18(4-3-5-19(22)24)15-6-7-20-27-12-16(8-10-25)30(20)13-15;1-14-17(21(23(30)31)27-28(14)2)9-11-32-22-18(4-3-5-19(22)24)15-6-7-20-26-12-16(8-10-25)29(20)13-15/h5-9,14-15H,10-13,27H2,1-4H3;4-8,13-14H,9-12,26H2,1-3H3,(H,27,32);3-7,12-13H,8-11,25H2,1-2H3,(H2,26,31);3-7,12-13H,8-11,25H2,1-2H3,(H,30,31). The second kappa shape index (κ2) is 41.9. The Bertz CT molecular complexity index is 6650. The number of carbonyl (C=O) groups is 4. The highest BCUT2D eigenvalue weighted by Gasteiger charge is 2.27.